The fourth-order valence-corrected chi connectivity index (χ4v) is 4.60. The van der Waals surface area contributed by atoms with Crippen LogP contribution in [0.1, 0.15) is 61.0 Å². The second-order valence-corrected chi connectivity index (χ2v) is 8.27. The largest absolute Gasteiger partial charge is 0.328 e. The molecule has 0 saturated heterocycles. The second-order valence-electron chi connectivity index (χ2n) is 7.37. The minimum Gasteiger partial charge on any atom is -0.328 e. The Kier molecular flexibility index (Phi) is 5.35. The third kappa shape index (κ3) is 3.29. The molecule has 0 atom stereocenters. The van der Waals surface area contributed by atoms with Crippen molar-refractivity contribution in [2.45, 2.75) is 51.6 Å². The number of carbonyl (C=O) groups is 1. The third-order valence-electron chi connectivity index (χ3n) is 5.66. The van der Waals surface area contributed by atoms with E-state index in [4.69, 9.17) is 28.2 Å². The first-order chi connectivity index (χ1) is 13.5. The van der Waals surface area contributed by atoms with Crippen LogP contribution >= 0.6 is 23.2 Å². The van der Waals surface area contributed by atoms with Crippen molar-refractivity contribution < 1.29 is 4.79 Å². The second kappa shape index (κ2) is 7.76. The summed E-state index contributed by atoms with van der Waals surface area (Å²) in [5.41, 5.74) is 2.99. The topological polar surface area (TPSA) is 38.1 Å². The van der Waals surface area contributed by atoms with Crippen LogP contribution in [0.3, 0.4) is 0 Å². The van der Waals surface area contributed by atoms with Crippen molar-refractivity contribution in [1.82, 2.24) is 14.5 Å². The van der Waals surface area contributed by atoms with E-state index >= 15 is 0 Å². The lowest BCUT2D eigenvalue weighted by atomic mass is 9.94. The summed E-state index contributed by atoms with van der Waals surface area (Å²) in [6.45, 7) is 6.32. The number of allylic oxidation sites excluding steroid dienone is 3. The number of hydrogen-bond acceptors (Lipinski definition) is 2. The van der Waals surface area contributed by atoms with E-state index in [1.54, 1.807) is 0 Å². The van der Waals surface area contributed by atoms with Crippen LogP contribution < -0.4 is 0 Å². The van der Waals surface area contributed by atoms with Crippen LogP contribution in [-0.2, 0) is 6.54 Å². The zero-order valence-electron chi connectivity index (χ0n) is 15.9. The Hall–Kier alpha value is -2.04. The van der Waals surface area contributed by atoms with Gasteiger partial charge in [-0.05, 0) is 44.0 Å². The number of rotatable bonds is 4. The number of aromatic nitrogens is 2. The molecule has 0 spiro atoms. The maximum atomic E-state index is 13.4. The average molecular weight is 416 g/mol. The van der Waals surface area contributed by atoms with Crippen molar-refractivity contribution in [3.05, 3.63) is 64.2 Å². The predicted molar refractivity (Wildman–Crippen MR) is 114 cm³/mol. The molecule has 1 aromatic carbocycles. The molecule has 0 unspecified atom stereocenters. The van der Waals surface area contributed by atoms with Gasteiger partial charge in [-0.1, -0.05) is 55.1 Å². The van der Waals surface area contributed by atoms with E-state index in [1.165, 1.54) is 19.3 Å². The Morgan fingerprint density at radius 1 is 1.21 bits per heavy atom. The molecule has 1 fully saturated rings. The van der Waals surface area contributed by atoms with Crippen molar-refractivity contribution in [1.29, 1.82) is 0 Å². The van der Waals surface area contributed by atoms with Gasteiger partial charge in [-0.25, -0.2) is 4.98 Å². The third-order valence-corrected chi connectivity index (χ3v) is 6.11. The van der Waals surface area contributed by atoms with Gasteiger partial charge in [0.2, 0.25) is 0 Å². The van der Waals surface area contributed by atoms with Gasteiger partial charge in [-0.3, -0.25) is 9.36 Å². The van der Waals surface area contributed by atoms with Crippen LogP contribution in [0.25, 0.3) is 11.3 Å². The number of benzene rings is 1. The van der Waals surface area contributed by atoms with Crippen LogP contribution in [0, 0.1) is 0 Å². The molecule has 1 aliphatic carbocycles. The molecule has 2 heterocycles. The molecule has 1 aromatic heterocycles. The highest BCUT2D eigenvalue weighted by Gasteiger charge is 2.39. The normalized spacial score (nSPS) is 17.9. The first-order valence-corrected chi connectivity index (χ1v) is 10.5. The summed E-state index contributed by atoms with van der Waals surface area (Å²) in [6, 6.07) is 7.73. The molecule has 28 heavy (non-hydrogen) atoms. The fraction of sp³-hybridized carbons (Fsp3) is 0.364. The van der Waals surface area contributed by atoms with E-state index in [0.29, 0.717) is 34.2 Å². The van der Waals surface area contributed by atoms with E-state index in [-0.39, 0.29) is 5.91 Å². The number of amides is 1. The number of hydrogen-bond donors (Lipinski definition) is 0. The van der Waals surface area contributed by atoms with Gasteiger partial charge in [0.05, 0.1) is 12.2 Å². The average Bonchev–Trinajstić information content (AvgIpc) is 3.20. The molecule has 2 aliphatic rings. The molecule has 6 heteroatoms. The quantitative estimate of drug-likeness (QED) is 0.576. The van der Waals surface area contributed by atoms with Gasteiger partial charge in [0.15, 0.2) is 0 Å². The minimum absolute atomic E-state index is 0.0474. The Morgan fingerprint density at radius 3 is 2.50 bits per heavy atom. The summed E-state index contributed by atoms with van der Waals surface area (Å²) in [5.74, 6) is 0.692. The lowest BCUT2D eigenvalue weighted by molar-refractivity contribution is 0.0651. The first-order valence-electron chi connectivity index (χ1n) is 9.71. The summed E-state index contributed by atoms with van der Waals surface area (Å²) in [5, 5.41) is 1.04. The molecule has 4 nitrogen and oxygen atoms in total. The van der Waals surface area contributed by atoms with Gasteiger partial charge in [0.25, 0.3) is 5.91 Å². The Labute approximate surface area is 175 Å². The van der Waals surface area contributed by atoms with Gasteiger partial charge in [-0.2, -0.15) is 0 Å². The fourth-order valence-electron chi connectivity index (χ4n) is 4.28. The zero-order valence-corrected chi connectivity index (χ0v) is 17.4. The van der Waals surface area contributed by atoms with Gasteiger partial charge >= 0.3 is 0 Å². The van der Waals surface area contributed by atoms with E-state index < -0.39 is 0 Å². The number of fused-ring (bicyclic) bond motifs is 1. The monoisotopic (exact) mass is 415 g/mol. The minimum atomic E-state index is 0.0474. The van der Waals surface area contributed by atoms with Gasteiger partial charge in [0.1, 0.15) is 11.5 Å². The molecule has 1 aliphatic heterocycles. The molecule has 0 N–H and O–H groups in total. The molecule has 2 aromatic rings. The molecular weight excluding hydrogens is 393 g/mol. The molecule has 0 radical (unpaired) electrons. The van der Waals surface area contributed by atoms with Crippen LogP contribution in [0.2, 0.25) is 5.02 Å². The number of halogens is 2. The van der Waals surface area contributed by atoms with Gasteiger partial charge in [-0.15, -0.1) is 0 Å². The molecule has 1 saturated carbocycles. The van der Waals surface area contributed by atoms with Crippen molar-refractivity contribution in [3.63, 3.8) is 0 Å². The summed E-state index contributed by atoms with van der Waals surface area (Å²) in [6.07, 6.45) is 7.65. The summed E-state index contributed by atoms with van der Waals surface area (Å²) in [7, 11) is 0. The molecule has 4 rings (SSSR count). The van der Waals surface area contributed by atoms with E-state index in [0.717, 1.165) is 29.8 Å². The summed E-state index contributed by atoms with van der Waals surface area (Å²) < 4.78 is 1.90. The van der Waals surface area contributed by atoms with Crippen LogP contribution in [0.4, 0.5) is 0 Å². The van der Waals surface area contributed by atoms with E-state index in [2.05, 4.69) is 6.58 Å². The zero-order chi connectivity index (χ0) is 19.8. The Balaban J connectivity index is 1.83. The lowest BCUT2D eigenvalue weighted by Gasteiger charge is -2.31. The highest BCUT2D eigenvalue weighted by molar-refractivity contribution is 6.36. The smallest absolute Gasteiger partial charge is 0.273 e. The van der Waals surface area contributed by atoms with Gasteiger partial charge in [0, 0.05) is 27.4 Å². The maximum Gasteiger partial charge on any atom is 0.273 e. The maximum absolute atomic E-state index is 13.4. The highest BCUT2D eigenvalue weighted by Crippen LogP contribution is 2.36. The Morgan fingerprint density at radius 2 is 1.89 bits per heavy atom. The highest BCUT2D eigenvalue weighted by atomic mass is 35.5. The van der Waals surface area contributed by atoms with Crippen LogP contribution in [0.5, 0.6) is 0 Å². The molecule has 146 valence electrons. The Bertz CT molecular complexity index is 953. The molecular formula is C22H23Cl2N3O. The summed E-state index contributed by atoms with van der Waals surface area (Å²) >= 11 is 12.3. The van der Waals surface area contributed by atoms with Crippen molar-refractivity contribution in [2.75, 3.05) is 0 Å². The standard InChI is InChI=1S/C22H23Cl2N3O/c1-3-18(14(2)23)21-25-19-13-26(16-7-5-4-6-8-16)22(28)20(19)27(21)17-11-9-15(24)10-12-17/h3,9-12,16H,2,4-8,13H2,1H3. The van der Waals surface area contributed by atoms with Crippen molar-refractivity contribution in [2.24, 2.45) is 0 Å². The van der Waals surface area contributed by atoms with Crippen LogP contribution in [-0.4, -0.2) is 26.4 Å². The number of imidazole rings is 1. The number of nitrogens with zero attached hydrogens (tertiary/aromatic N) is 3. The van der Waals surface area contributed by atoms with Crippen molar-refractivity contribution >= 4 is 34.7 Å². The number of carbonyl (C=O) groups excluding carboxylic acids is 1. The van der Waals surface area contributed by atoms with Crippen LogP contribution in [0.15, 0.2) is 42.0 Å². The molecule has 0 bridgehead atoms. The SMILES string of the molecule is C=C(Cl)C(=CC)c1nc2c(n1-c1ccc(Cl)cc1)C(=O)N(C1CCCCC1)C2. The van der Waals surface area contributed by atoms with Gasteiger partial charge < -0.3 is 4.90 Å². The lowest BCUT2D eigenvalue weighted by Crippen LogP contribution is -2.37. The summed E-state index contributed by atoms with van der Waals surface area (Å²) in [4.78, 5) is 20.2. The first kappa shape index (κ1) is 19.3. The van der Waals surface area contributed by atoms with Crippen molar-refractivity contribution in [3.8, 4) is 5.69 Å². The van der Waals surface area contributed by atoms with E-state index in [1.807, 2.05) is 46.7 Å². The molecule has 1 amide bonds. The van der Waals surface area contributed by atoms with E-state index in [9.17, 15) is 4.79 Å². The predicted octanol–water partition coefficient (Wildman–Crippen LogP) is 5.97.